The van der Waals surface area contributed by atoms with Crippen molar-refractivity contribution in [2.75, 3.05) is 18.9 Å². The molecule has 4 rings (SSSR count). The quantitative estimate of drug-likeness (QED) is 0.294. The monoisotopic (exact) mass is 401 g/mol. The first kappa shape index (κ1) is 19.7. The molecule has 1 fully saturated rings. The molecule has 10 heteroatoms. The Hall–Kier alpha value is -2.63. The van der Waals surface area contributed by atoms with Crippen molar-refractivity contribution in [1.82, 2.24) is 19.5 Å². The van der Waals surface area contributed by atoms with Crippen LogP contribution in [0.5, 0.6) is 0 Å². The first-order valence-corrected chi connectivity index (χ1v) is 9.30. The number of ether oxygens (including phenoxy) is 1. The molecule has 29 heavy (non-hydrogen) atoms. The molecule has 10 nitrogen and oxygen atoms in total. The minimum Gasteiger partial charge on any atom is -0.387 e. The van der Waals surface area contributed by atoms with Gasteiger partial charge in [0.25, 0.3) is 0 Å². The first-order valence-electron chi connectivity index (χ1n) is 9.30. The second kappa shape index (κ2) is 8.39. The van der Waals surface area contributed by atoms with Crippen molar-refractivity contribution in [3.8, 4) is 0 Å². The van der Waals surface area contributed by atoms with Crippen LogP contribution in [0.1, 0.15) is 17.4 Å². The number of hydrogen-bond acceptors (Lipinski definition) is 9. The van der Waals surface area contributed by atoms with Crippen LogP contribution >= 0.6 is 0 Å². The van der Waals surface area contributed by atoms with E-state index in [2.05, 4.69) is 15.0 Å². The van der Waals surface area contributed by atoms with Crippen LogP contribution in [0.2, 0.25) is 0 Å². The molecular weight excluding hydrogens is 378 g/mol. The standard InChI is InChI=1S/C19H23N5O5/c1-11-4-2-3-5-12(11)6-7-27-28-8-13-15(25)16(26)19(29-13)24-10-23-14-17(20)21-9-22-18(14)24/h2-5,9-10,13,15-16,19,25-26H,6-8H2,1H3,(H2,20,21,22)/t13-,15-,16-,19-/m1/s1. The number of nitrogens with two attached hydrogens (primary N) is 1. The van der Waals surface area contributed by atoms with Crippen molar-refractivity contribution in [3.05, 3.63) is 48.0 Å². The van der Waals surface area contributed by atoms with Crippen LogP contribution in [-0.4, -0.2) is 61.3 Å². The molecule has 2 aromatic heterocycles. The second-order valence-electron chi connectivity index (χ2n) is 6.91. The van der Waals surface area contributed by atoms with E-state index in [-0.39, 0.29) is 12.4 Å². The molecule has 1 saturated heterocycles. The third kappa shape index (κ3) is 3.93. The van der Waals surface area contributed by atoms with Gasteiger partial charge in [0.05, 0.1) is 12.9 Å². The van der Waals surface area contributed by atoms with Crippen molar-refractivity contribution in [3.63, 3.8) is 0 Å². The summed E-state index contributed by atoms with van der Waals surface area (Å²) in [5.74, 6) is 0.226. The van der Waals surface area contributed by atoms with Crippen LogP contribution in [0.25, 0.3) is 11.2 Å². The van der Waals surface area contributed by atoms with Crippen molar-refractivity contribution >= 4 is 17.0 Å². The average molecular weight is 401 g/mol. The summed E-state index contributed by atoms with van der Waals surface area (Å²) in [5.41, 5.74) is 8.96. The lowest BCUT2D eigenvalue weighted by molar-refractivity contribution is -0.309. The average Bonchev–Trinajstić information content (AvgIpc) is 3.26. The molecule has 3 heterocycles. The van der Waals surface area contributed by atoms with E-state index < -0.39 is 24.5 Å². The van der Waals surface area contributed by atoms with Crippen molar-refractivity contribution in [2.45, 2.75) is 37.9 Å². The highest BCUT2D eigenvalue weighted by Crippen LogP contribution is 2.32. The Balaban J connectivity index is 1.33. The van der Waals surface area contributed by atoms with E-state index in [0.29, 0.717) is 24.2 Å². The zero-order chi connectivity index (χ0) is 20.4. The van der Waals surface area contributed by atoms with Gasteiger partial charge in [0, 0.05) is 0 Å². The molecule has 4 atom stereocenters. The van der Waals surface area contributed by atoms with Gasteiger partial charge in [0.1, 0.15) is 36.8 Å². The van der Waals surface area contributed by atoms with E-state index in [4.69, 9.17) is 20.2 Å². The van der Waals surface area contributed by atoms with Gasteiger partial charge in [-0.1, -0.05) is 24.3 Å². The van der Waals surface area contributed by atoms with Gasteiger partial charge in [-0.15, -0.1) is 0 Å². The summed E-state index contributed by atoms with van der Waals surface area (Å²) in [6.45, 7) is 2.37. The number of nitrogen functional groups attached to an aromatic ring is 1. The summed E-state index contributed by atoms with van der Waals surface area (Å²) in [7, 11) is 0. The third-order valence-electron chi connectivity index (χ3n) is 5.03. The lowest BCUT2D eigenvalue weighted by atomic mass is 10.1. The van der Waals surface area contributed by atoms with Gasteiger partial charge in [-0.2, -0.15) is 0 Å². The number of anilines is 1. The Morgan fingerprint density at radius 2 is 1.97 bits per heavy atom. The molecule has 0 saturated carbocycles. The number of aromatic nitrogens is 4. The highest BCUT2D eigenvalue weighted by atomic mass is 17.2. The molecule has 1 aliphatic heterocycles. The van der Waals surface area contributed by atoms with Crippen molar-refractivity contribution < 1.29 is 24.7 Å². The number of aryl methyl sites for hydroxylation is 1. The smallest absolute Gasteiger partial charge is 0.167 e. The highest BCUT2D eigenvalue weighted by molar-refractivity contribution is 5.81. The SMILES string of the molecule is Cc1ccccc1CCOOC[C@H]1O[C@@H](n2cnc3c(N)ncnc32)[C@H](O)[C@@H]1O. The Labute approximate surface area is 166 Å². The predicted molar refractivity (Wildman–Crippen MR) is 102 cm³/mol. The number of rotatable bonds is 7. The lowest BCUT2D eigenvalue weighted by Crippen LogP contribution is -2.33. The molecule has 154 valence electrons. The highest BCUT2D eigenvalue weighted by Gasteiger charge is 2.44. The molecule has 0 bridgehead atoms. The number of nitrogens with zero attached hydrogens (tertiary/aromatic N) is 4. The van der Waals surface area contributed by atoms with Crippen molar-refractivity contribution in [1.29, 1.82) is 0 Å². The van der Waals surface area contributed by atoms with Crippen LogP contribution < -0.4 is 5.73 Å². The number of hydrogen-bond donors (Lipinski definition) is 3. The molecule has 0 radical (unpaired) electrons. The fourth-order valence-corrected chi connectivity index (χ4v) is 3.37. The summed E-state index contributed by atoms with van der Waals surface area (Å²) in [4.78, 5) is 22.6. The maximum Gasteiger partial charge on any atom is 0.167 e. The fourth-order valence-electron chi connectivity index (χ4n) is 3.37. The molecule has 4 N–H and O–H groups in total. The first-order chi connectivity index (χ1) is 14.1. The van der Waals surface area contributed by atoms with Crippen LogP contribution in [0.15, 0.2) is 36.9 Å². The van der Waals surface area contributed by atoms with Gasteiger partial charge >= 0.3 is 0 Å². The summed E-state index contributed by atoms with van der Waals surface area (Å²) >= 11 is 0. The van der Waals surface area contributed by atoms with Gasteiger partial charge in [-0.25, -0.2) is 24.7 Å². The number of benzene rings is 1. The van der Waals surface area contributed by atoms with E-state index in [0.717, 1.165) is 0 Å². The number of imidazole rings is 1. The minimum absolute atomic E-state index is 0.0355. The zero-order valence-corrected chi connectivity index (χ0v) is 15.9. The molecule has 0 aliphatic carbocycles. The van der Waals surface area contributed by atoms with E-state index in [1.165, 1.54) is 28.3 Å². The lowest BCUT2D eigenvalue weighted by Gasteiger charge is -2.16. The van der Waals surface area contributed by atoms with Gasteiger partial charge in [0.15, 0.2) is 17.7 Å². The maximum absolute atomic E-state index is 10.4. The van der Waals surface area contributed by atoms with Crippen LogP contribution in [0, 0.1) is 6.92 Å². The number of aliphatic hydroxyl groups is 2. The van der Waals surface area contributed by atoms with Crippen LogP contribution in [0.4, 0.5) is 5.82 Å². The van der Waals surface area contributed by atoms with Gasteiger partial charge in [-0.3, -0.25) is 4.57 Å². The van der Waals surface area contributed by atoms with Crippen molar-refractivity contribution in [2.24, 2.45) is 0 Å². The van der Waals surface area contributed by atoms with Crippen LogP contribution in [0.3, 0.4) is 0 Å². The second-order valence-corrected chi connectivity index (χ2v) is 6.91. The molecule has 0 unspecified atom stereocenters. The predicted octanol–water partition coefficient (Wildman–Crippen LogP) is 0.527. The van der Waals surface area contributed by atoms with E-state index in [1.807, 2.05) is 31.2 Å². The topological polar surface area (TPSA) is 138 Å². The van der Waals surface area contributed by atoms with Gasteiger partial charge < -0.3 is 20.7 Å². The Morgan fingerprint density at radius 1 is 1.14 bits per heavy atom. The van der Waals surface area contributed by atoms with E-state index in [1.54, 1.807) is 0 Å². The van der Waals surface area contributed by atoms with Gasteiger partial charge in [0.2, 0.25) is 0 Å². The molecule has 0 spiro atoms. The Bertz CT molecular complexity index is 981. The summed E-state index contributed by atoms with van der Waals surface area (Å²) < 4.78 is 7.29. The number of fused-ring (bicyclic) bond motifs is 1. The Kier molecular flexibility index (Phi) is 5.69. The zero-order valence-electron chi connectivity index (χ0n) is 15.9. The van der Waals surface area contributed by atoms with E-state index in [9.17, 15) is 10.2 Å². The maximum atomic E-state index is 10.4. The van der Waals surface area contributed by atoms with Crippen LogP contribution in [-0.2, 0) is 20.9 Å². The third-order valence-corrected chi connectivity index (χ3v) is 5.03. The molecule has 0 amide bonds. The molecular formula is C19H23N5O5. The fraction of sp³-hybridized carbons (Fsp3) is 0.421. The molecule has 3 aromatic rings. The van der Waals surface area contributed by atoms with E-state index >= 15 is 0 Å². The summed E-state index contributed by atoms with van der Waals surface area (Å²) in [6, 6.07) is 8.04. The molecule has 1 aliphatic rings. The molecule has 1 aromatic carbocycles. The minimum atomic E-state index is -1.19. The van der Waals surface area contributed by atoms with Gasteiger partial charge in [-0.05, 0) is 24.5 Å². The summed E-state index contributed by atoms with van der Waals surface area (Å²) in [6.07, 6.45) is -0.557. The largest absolute Gasteiger partial charge is 0.387 e. The normalized spacial score (nSPS) is 24.4. The number of aliphatic hydroxyl groups excluding tert-OH is 2. The summed E-state index contributed by atoms with van der Waals surface area (Å²) in [5, 5.41) is 20.7. The Morgan fingerprint density at radius 3 is 2.79 bits per heavy atom.